The van der Waals surface area contributed by atoms with E-state index in [1.807, 2.05) is 13.0 Å². The van der Waals surface area contributed by atoms with E-state index in [0.717, 1.165) is 5.69 Å². The molecule has 13 heavy (non-hydrogen) atoms. The Kier molecular flexibility index (Phi) is 3.36. The lowest BCUT2D eigenvalue weighted by Gasteiger charge is -2.15. The van der Waals surface area contributed by atoms with Crippen LogP contribution in [0.25, 0.3) is 0 Å². The van der Waals surface area contributed by atoms with E-state index >= 15 is 0 Å². The van der Waals surface area contributed by atoms with Gasteiger partial charge in [-0.2, -0.15) is 0 Å². The Morgan fingerprint density at radius 3 is 2.69 bits per heavy atom. The van der Waals surface area contributed by atoms with E-state index in [9.17, 15) is 10.2 Å². The number of aliphatic hydroxyl groups excluding tert-OH is 2. The lowest BCUT2D eigenvalue weighted by atomic mass is 10.1. The van der Waals surface area contributed by atoms with E-state index in [1.165, 1.54) is 0 Å². The van der Waals surface area contributed by atoms with Crippen molar-refractivity contribution in [3.05, 3.63) is 29.6 Å². The zero-order valence-corrected chi connectivity index (χ0v) is 7.51. The number of hydrogen-bond acceptors (Lipinski definition) is 4. The fourth-order valence-electron chi connectivity index (χ4n) is 1.05. The van der Waals surface area contributed by atoms with Gasteiger partial charge in [-0.15, -0.1) is 0 Å². The second-order valence-electron chi connectivity index (χ2n) is 2.95. The summed E-state index contributed by atoms with van der Waals surface area (Å²) in [5.41, 5.74) is 6.47. The summed E-state index contributed by atoms with van der Waals surface area (Å²) in [6.07, 6.45) is -1.95. The number of nitrogens with two attached hydrogens (primary N) is 1. The summed E-state index contributed by atoms with van der Waals surface area (Å²) in [7, 11) is 0. The number of aliphatic hydroxyl groups is 2. The van der Waals surface area contributed by atoms with Crippen molar-refractivity contribution < 1.29 is 10.2 Å². The van der Waals surface area contributed by atoms with Crippen LogP contribution in [-0.4, -0.2) is 27.8 Å². The van der Waals surface area contributed by atoms with Crippen LogP contribution < -0.4 is 5.73 Å². The maximum absolute atomic E-state index is 9.52. The van der Waals surface area contributed by atoms with Crippen molar-refractivity contribution in [2.45, 2.75) is 19.1 Å². The van der Waals surface area contributed by atoms with Gasteiger partial charge >= 0.3 is 0 Å². The van der Waals surface area contributed by atoms with Crippen molar-refractivity contribution in [1.29, 1.82) is 0 Å². The minimum Gasteiger partial charge on any atom is -0.389 e. The average molecular weight is 182 g/mol. The van der Waals surface area contributed by atoms with Crippen molar-refractivity contribution in [2.24, 2.45) is 5.73 Å². The molecule has 0 radical (unpaired) electrons. The van der Waals surface area contributed by atoms with Crippen LogP contribution in [0, 0.1) is 6.92 Å². The summed E-state index contributed by atoms with van der Waals surface area (Å²) >= 11 is 0. The molecule has 0 fully saturated rings. The van der Waals surface area contributed by atoms with Gasteiger partial charge in [0.1, 0.15) is 6.10 Å². The number of hydrogen-bond donors (Lipinski definition) is 3. The summed E-state index contributed by atoms with van der Waals surface area (Å²) < 4.78 is 0. The van der Waals surface area contributed by atoms with Gasteiger partial charge in [-0.3, -0.25) is 4.98 Å². The quantitative estimate of drug-likeness (QED) is 0.602. The van der Waals surface area contributed by atoms with Crippen molar-refractivity contribution in [2.75, 3.05) is 6.54 Å². The molecule has 4 N–H and O–H groups in total. The van der Waals surface area contributed by atoms with Crippen molar-refractivity contribution >= 4 is 0 Å². The lowest BCUT2D eigenvalue weighted by Crippen LogP contribution is -2.27. The number of pyridine rings is 1. The van der Waals surface area contributed by atoms with E-state index in [2.05, 4.69) is 4.98 Å². The smallest absolute Gasteiger partial charge is 0.123 e. The molecule has 2 unspecified atom stereocenters. The van der Waals surface area contributed by atoms with E-state index in [0.29, 0.717) is 5.69 Å². The Morgan fingerprint density at radius 1 is 1.46 bits per heavy atom. The van der Waals surface area contributed by atoms with Crippen molar-refractivity contribution in [3.63, 3.8) is 0 Å². The second-order valence-corrected chi connectivity index (χ2v) is 2.95. The summed E-state index contributed by atoms with van der Waals surface area (Å²) in [6.45, 7) is 1.85. The molecular formula is C9H14N2O2. The molecule has 1 aromatic heterocycles. The van der Waals surface area contributed by atoms with E-state index in [-0.39, 0.29) is 6.54 Å². The standard InChI is InChI=1S/C9H14N2O2/c1-6-3-2-4-7(11-6)9(13)8(12)5-10/h2-4,8-9,12-13H,5,10H2,1H3. The van der Waals surface area contributed by atoms with Crippen LogP contribution >= 0.6 is 0 Å². The van der Waals surface area contributed by atoms with E-state index in [1.54, 1.807) is 12.1 Å². The normalized spacial score (nSPS) is 15.4. The fraction of sp³-hybridized carbons (Fsp3) is 0.444. The molecule has 72 valence electrons. The summed E-state index contributed by atoms with van der Waals surface area (Å²) in [4.78, 5) is 4.08. The third kappa shape index (κ3) is 2.48. The maximum Gasteiger partial charge on any atom is 0.123 e. The number of aromatic nitrogens is 1. The topological polar surface area (TPSA) is 79.4 Å². The molecular weight excluding hydrogens is 168 g/mol. The molecule has 2 atom stereocenters. The summed E-state index contributed by atoms with van der Waals surface area (Å²) in [5.74, 6) is 0. The highest BCUT2D eigenvalue weighted by Crippen LogP contribution is 2.13. The van der Waals surface area contributed by atoms with Gasteiger partial charge in [0.15, 0.2) is 0 Å². The first-order valence-corrected chi connectivity index (χ1v) is 4.15. The highest BCUT2D eigenvalue weighted by atomic mass is 16.3. The second kappa shape index (κ2) is 4.32. The van der Waals surface area contributed by atoms with Gasteiger partial charge in [0.25, 0.3) is 0 Å². The van der Waals surface area contributed by atoms with Gasteiger partial charge in [-0.25, -0.2) is 0 Å². The first-order chi connectivity index (χ1) is 6.15. The molecule has 0 aliphatic carbocycles. The molecule has 0 aliphatic heterocycles. The number of aryl methyl sites for hydroxylation is 1. The molecule has 0 spiro atoms. The van der Waals surface area contributed by atoms with Gasteiger partial charge in [0.2, 0.25) is 0 Å². The molecule has 0 aliphatic rings. The van der Waals surface area contributed by atoms with E-state index < -0.39 is 12.2 Å². The van der Waals surface area contributed by atoms with Crippen LogP contribution in [0.3, 0.4) is 0 Å². The van der Waals surface area contributed by atoms with Crippen LogP contribution in [0.2, 0.25) is 0 Å². The number of nitrogens with zero attached hydrogens (tertiary/aromatic N) is 1. The highest BCUT2D eigenvalue weighted by molar-refractivity contribution is 5.13. The molecule has 0 amide bonds. The highest BCUT2D eigenvalue weighted by Gasteiger charge is 2.17. The summed E-state index contributed by atoms with van der Waals surface area (Å²) in [6, 6.07) is 5.27. The van der Waals surface area contributed by atoms with Crippen LogP contribution in [0.1, 0.15) is 17.5 Å². The predicted octanol–water partition coefficient (Wildman–Crippen LogP) is -0.257. The maximum atomic E-state index is 9.52. The Balaban J connectivity index is 2.82. The van der Waals surface area contributed by atoms with Crippen LogP contribution in [-0.2, 0) is 0 Å². The van der Waals surface area contributed by atoms with Gasteiger partial charge in [0, 0.05) is 12.2 Å². The van der Waals surface area contributed by atoms with Crippen LogP contribution in [0.5, 0.6) is 0 Å². The lowest BCUT2D eigenvalue weighted by molar-refractivity contribution is 0.0216. The average Bonchev–Trinajstić information content (AvgIpc) is 2.15. The van der Waals surface area contributed by atoms with Crippen LogP contribution in [0.15, 0.2) is 18.2 Å². The van der Waals surface area contributed by atoms with Gasteiger partial charge in [-0.05, 0) is 19.1 Å². The molecule has 0 saturated heterocycles. The minimum absolute atomic E-state index is 0.0246. The predicted molar refractivity (Wildman–Crippen MR) is 49.0 cm³/mol. The molecule has 0 bridgehead atoms. The van der Waals surface area contributed by atoms with Gasteiger partial charge < -0.3 is 15.9 Å². The SMILES string of the molecule is Cc1cccc(C(O)C(O)CN)n1. The zero-order valence-electron chi connectivity index (χ0n) is 7.51. The fourth-order valence-corrected chi connectivity index (χ4v) is 1.05. The largest absolute Gasteiger partial charge is 0.389 e. The first kappa shape index (κ1) is 10.1. The Morgan fingerprint density at radius 2 is 2.15 bits per heavy atom. The van der Waals surface area contributed by atoms with E-state index in [4.69, 9.17) is 5.73 Å². The Hall–Kier alpha value is -0.970. The van der Waals surface area contributed by atoms with Gasteiger partial charge in [0.05, 0.1) is 11.8 Å². The third-order valence-corrected chi connectivity index (χ3v) is 1.82. The molecule has 1 aromatic rings. The van der Waals surface area contributed by atoms with Crippen LogP contribution in [0.4, 0.5) is 0 Å². The monoisotopic (exact) mass is 182 g/mol. The molecule has 0 saturated carbocycles. The minimum atomic E-state index is -0.995. The molecule has 4 heteroatoms. The third-order valence-electron chi connectivity index (χ3n) is 1.82. The Bertz CT molecular complexity index is 278. The number of rotatable bonds is 3. The molecule has 1 rings (SSSR count). The Labute approximate surface area is 77.0 Å². The molecule has 0 aromatic carbocycles. The summed E-state index contributed by atoms with van der Waals surface area (Å²) in [5, 5.41) is 18.8. The van der Waals surface area contributed by atoms with Crippen molar-refractivity contribution in [3.8, 4) is 0 Å². The zero-order chi connectivity index (χ0) is 9.84. The first-order valence-electron chi connectivity index (χ1n) is 4.15. The molecule has 1 heterocycles. The van der Waals surface area contributed by atoms with Gasteiger partial charge in [-0.1, -0.05) is 6.07 Å². The van der Waals surface area contributed by atoms with Crippen molar-refractivity contribution in [1.82, 2.24) is 4.98 Å². The molecule has 4 nitrogen and oxygen atoms in total.